The zero-order chi connectivity index (χ0) is 32.5. The Labute approximate surface area is 233 Å². The molecule has 1 fully saturated rings. The molecule has 0 atom stereocenters. The van der Waals surface area contributed by atoms with Gasteiger partial charge in [-0.1, -0.05) is 19.3 Å². The maximum atomic E-state index is 15.6. The summed E-state index contributed by atoms with van der Waals surface area (Å²) in [4.78, 5) is 0. The van der Waals surface area contributed by atoms with Gasteiger partial charge in [0.15, 0.2) is 52.4 Å². The summed E-state index contributed by atoms with van der Waals surface area (Å²) in [7, 11) is 0. The second-order valence-corrected chi connectivity index (χ2v) is 10.3. The molecule has 229 valence electrons. The van der Waals surface area contributed by atoms with Crippen molar-refractivity contribution < 1.29 is 65.9 Å². The molecule has 0 N–H and O–H groups in total. The lowest BCUT2D eigenvalue weighted by Gasteiger charge is -2.50. The third-order valence-electron chi connectivity index (χ3n) is 7.47. The van der Waals surface area contributed by atoms with Gasteiger partial charge in [-0.05, 0) is 31.6 Å². The van der Waals surface area contributed by atoms with Crippen LogP contribution in [0.1, 0.15) is 13.8 Å². The Morgan fingerprint density at radius 3 is 0.837 bits per heavy atom. The fourth-order valence-corrected chi connectivity index (χ4v) is 5.61. The Hall–Kier alpha value is -3.33. The van der Waals surface area contributed by atoms with E-state index in [1.807, 2.05) is 0 Å². The first kappa shape index (κ1) is 32.6. The fraction of sp³-hybridized carbons (Fsp3) is 0.148. The van der Waals surface area contributed by atoms with Gasteiger partial charge in [-0.15, -0.1) is 16.4 Å². The van der Waals surface area contributed by atoms with Crippen LogP contribution in [0.25, 0.3) is 0 Å². The number of benzene rings is 3. The van der Waals surface area contributed by atoms with E-state index >= 15 is 26.3 Å². The van der Waals surface area contributed by atoms with Crippen LogP contribution in [0.15, 0.2) is 0 Å². The van der Waals surface area contributed by atoms with Gasteiger partial charge < -0.3 is 0 Å². The van der Waals surface area contributed by atoms with Crippen LogP contribution in [0.4, 0.5) is 65.9 Å². The van der Waals surface area contributed by atoms with Gasteiger partial charge in [0.05, 0.1) is 0 Å². The number of hydrogen-bond acceptors (Lipinski definition) is 0. The second-order valence-electron chi connectivity index (χ2n) is 10.3. The summed E-state index contributed by atoms with van der Waals surface area (Å²) >= 11 is 0. The molecule has 3 aromatic carbocycles. The predicted molar refractivity (Wildman–Crippen MR) is 122 cm³/mol. The molecule has 0 aliphatic heterocycles. The Balaban J connectivity index is 2.43. The highest BCUT2D eigenvalue weighted by molar-refractivity contribution is 7.11. The summed E-state index contributed by atoms with van der Waals surface area (Å²) < 4.78 is 223. The molecule has 0 spiro atoms. The molecule has 0 bridgehead atoms. The number of rotatable bonds is 6. The Morgan fingerprint density at radius 2 is 0.605 bits per heavy atom. The van der Waals surface area contributed by atoms with Crippen molar-refractivity contribution >= 4 is 22.5 Å². The Kier molecular flexibility index (Phi) is 8.33. The summed E-state index contributed by atoms with van der Waals surface area (Å²) in [6.07, 6.45) is -2.52. The van der Waals surface area contributed by atoms with E-state index in [9.17, 15) is 39.5 Å². The first-order valence-corrected chi connectivity index (χ1v) is 11.8. The van der Waals surface area contributed by atoms with Gasteiger partial charge >= 0.3 is 0 Å². The van der Waals surface area contributed by atoms with E-state index in [1.165, 1.54) is 12.8 Å². The molecule has 0 unspecified atom stereocenters. The molecule has 0 heterocycles. The van der Waals surface area contributed by atoms with Gasteiger partial charge in [0.1, 0.15) is 41.0 Å². The SMILES string of the molecule is CC(C)(C[B-](c1c(F)c(F)c(F)c(F)c1F)(c1c(F)c(F)c(F)c(F)c1F)c1c(F)c(F)c(F)c(F)c1F)[C]1[CH][CH][CH][CH]1. The lowest BCUT2D eigenvalue weighted by Crippen LogP contribution is -2.74. The average Bonchev–Trinajstić information content (AvgIpc) is 3.51. The summed E-state index contributed by atoms with van der Waals surface area (Å²) in [5.74, 6) is -45.1. The molecule has 0 saturated heterocycles. The van der Waals surface area contributed by atoms with E-state index in [4.69, 9.17) is 0 Å². The van der Waals surface area contributed by atoms with Crippen molar-refractivity contribution in [1.82, 2.24) is 0 Å². The monoisotopic (exact) mass is 632 g/mol. The second kappa shape index (κ2) is 11.0. The molecule has 0 amide bonds. The molecular formula is C27H12BF15-. The minimum absolute atomic E-state index is 0.0876. The van der Waals surface area contributed by atoms with E-state index in [0.29, 0.717) is 0 Å². The van der Waals surface area contributed by atoms with Gasteiger partial charge in [0.25, 0.3) is 0 Å². The van der Waals surface area contributed by atoms with Crippen LogP contribution in [0.3, 0.4) is 0 Å². The summed E-state index contributed by atoms with van der Waals surface area (Å²) in [5.41, 5.74) is -9.89. The largest absolute Gasteiger partial charge is 0.207 e. The van der Waals surface area contributed by atoms with E-state index in [0.717, 1.165) is 26.7 Å². The summed E-state index contributed by atoms with van der Waals surface area (Å²) in [5, 5.41) is 0. The van der Waals surface area contributed by atoms with E-state index in [2.05, 4.69) is 0 Å². The van der Waals surface area contributed by atoms with Crippen molar-refractivity contribution in [2.45, 2.75) is 20.2 Å². The molecule has 0 nitrogen and oxygen atoms in total. The van der Waals surface area contributed by atoms with Crippen molar-refractivity contribution in [3.8, 4) is 0 Å². The van der Waals surface area contributed by atoms with Gasteiger partial charge in [0.2, 0.25) is 0 Å². The third-order valence-corrected chi connectivity index (χ3v) is 7.47. The molecule has 43 heavy (non-hydrogen) atoms. The molecule has 1 aliphatic carbocycles. The number of halogens is 15. The molecule has 1 aliphatic rings. The lowest BCUT2D eigenvalue weighted by atomic mass is 9.11. The summed E-state index contributed by atoms with van der Waals surface area (Å²) in [6.45, 7) is 1.95. The quantitative estimate of drug-likeness (QED) is 0.123. The van der Waals surface area contributed by atoms with Crippen LogP contribution in [0.2, 0.25) is 6.32 Å². The third kappa shape index (κ3) is 4.66. The minimum atomic E-state index is -5.62. The van der Waals surface area contributed by atoms with Crippen molar-refractivity contribution in [1.29, 1.82) is 0 Å². The lowest BCUT2D eigenvalue weighted by molar-refractivity contribution is 0.378. The van der Waals surface area contributed by atoms with Crippen LogP contribution in [0, 0.1) is 124 Å². The van der Waals surface area contributed by atoms with Gasteiger partial charge in [-0.2, -0.15) is 6.32 Å². The molecular weight excluding hydrogens is 620 g/mol. The van der Waals surface area contributed by atoms with Gasteiger partial charge in [-0.25, -0.2) is 65.9 Å². The molecule has 4 rings (SSSR count). The first-order valence-electron chi connectivity index (χ1n) is 11.8. The van der Waals surface area contributed by atoms with E-state index < -0.39 is 122 Å². The van der Waals surface area contributed by atoms with Gasteiger partial charge in [0, 0.05) is 0 Å². The topological polar surface area (TPSA) is 0 Å². The van der Waals surface area contributed by atoms with Crippen LogP contribution in [0.5, 0.6) is 0 Å². The smallest absolute Gasteiger partial charge is 0.200 e. The summed E-state index contributed by atoms with van der Waals surface area (Å²) in [6, 6.07) is 0. The molecule has 0 aromatic heterocycles. The molecule has 5 radical (unpaired) electrons. The average molecular weight is 632 g/mol. The fourth-order valence-electron chi connectivity index (χ4n) is 5.61. The molecule has 16 heteroatoms. The van der Waals surface area contributed by atoms with Crippen LogP contribution in [-0.2, 0) is 0 Å². The predicted octanol–water partition coefficient (Wildman–Crippen LogP) is 6.67. The van der Waals surface area contributed by atoms with Crippen molar-refractivity contribution in [2.75, 3.05) is 0 Å². The van der Waals surface area contributed by atoms with Crippen LogP contribution < -0.4 is 16.4 Å². The number of hydrogen-bond donors (Lipinski definition) is 0. The minimum Gasteiger partial charge on any atom is -0.207 e. The van der Waals surface area contributed by atoms with Crippen molar-refractivity contribution in [3.63, 3.8) is 0 Å². The van der Waals surface area contributed by atoms with Crippen molar-refractivity contribution in [2.24, 2.45) is 5.41 Å². The molecule has 1 saturated carbocycles. The normalized spacial score (nSPS) is 14.7. The maximum absolute atomic E-state index is 15.6. The van der Waals surface area contributed by atoms with E-state index in [1.54, 1.807) is 0 Å². The highest BCUT2D eigenvalue weighted by Crippen LogP contribution is 2.46. The van der Waals surface area contributed by atoms with Crippen LogP contribution >= 0.6 is 0 Å². The van der Waals surface area contributed by atoms with Crippen molar-refractivity contribution in [3.05, 3.63) is 119 Å². The zero-order valence-corrected chi connectivity index (χ0v) is 21.3. The Bertz CT molecular complexity index is 1390. The highest BCUT2D eigenvalue weighted by Gasteiger charge is 2.51. The Morgan fingerprint density at radius 1 is 0.395 bits per heavy atom. The zero-order valence-electron chi connectivity index (χ0n) is 21.3. The highest BCUT2D eigenvalue weighted by atomic mass is 19.2. The maximum Gasteiger partial charge on any atom is 0.200 e. The first-order chi connectivity index (χ1) is 19.8. The van der Waals surface area contributed by atoms with Gasteiger partial charge in [-0.3, -0.25) is 0 Å². The van der Waals surface area contributed by atoms with E-state index in [-0.39, 0.29) is 5.92 Å². The van der Waals surface area contributed by atoms with Crippen LogP contribution in [-0.4, -0.2) is 6.15 Å². The standard InChI is InChI=1S/C27H12BF15/c1-27(2,8-5-3-4-6-8)7-28(9-12(29)18(35)24(41)19(36)13(9)30,10-14(31)20(37)25(42)21(38)15(10)32)11-16(33)22(39)26(43)23(40)17(11)34/h3-6H,7H2,1-2H3/q-1. The molecule has 3 aromatic rings.